The van der Waals surface area contributed by atoms with Gasteiger partial charge in [0.05, 0.1) is 22.6 Å². The van der Waals surface area contributed by atoms with Crippen molar-refractivity contribution in [3.8, 4) is 6.07 Å². The van der Waals surface area contributed by atoms with E-state index in [0.29, 0.717) is 24.0 Å². The highest BCUT2D eigenvalue weighted by molar-refractivity contribution is 7.89. The summed E-state index contributed by atoms with van der Waals surface area (Å²) in [7, 11) is -3.72. The lowest BCUT2D eigenvalue weighted by molar-refractivity contribution is 0.101. The minimum Gasteiger partial charge on any atom is -0.391 e. The van der Waals surface area contributed by atoms with Gasteiger partial charge >= 0.3 is 0 Å². The molecule has 0 aromatic heterocycles. The zero-order valence-electron chi connectivity index (χ0n) is 11.3. The molecule has 0 saturated heterocycles. The van der Waals surface area contributed by atoms with Crippen molar-refractivity contribution in [3.05, 3.63) is 29.3 Å². The van der Waals surface area contributed by atoms with E-state index in [1.165, 1.54) is 6.07 Å². The summed E-state index contributed by atoms with van der Waals surface area (Å²) in [6, 6.07) is 6.06. The SMILES string of the molecule is Cc1ccc(C#N)cc1S(=O)(=O)N[C@H]1CCCC[C@@H]1O. The summed E-state index contributed by atoms with van der Waals surface area (Å²) in [5, 5.41) is 18.7. The number of sulfonamides is 1. The first-order valence-electron chi connectivity index (χ1n) is 6.65. The summed E-state index contributed by atoms with van der Waals surface area (Å²) in [5.74, 6) is 0. The van der Waals surface area contributed by atoms with Crippen molar-refractivity contribution in [3.63, 3.8) is 0 Å². The lowest BCUT2D eigenvalue weighted by atomic mass is 9.93. The first kappa shape index (κ1) is 15.0. The summed E-state index contributed by atoms with van der Waals surface area (Å²) in [6.45, 7) is 1.69. The molecular weight excluding hydrogens is 276 g/mol. The molecule has 0 aliphatic heterocycles. The molecule has 1 aliphatic carbocycles. The van der Waals surface area contributed by atoms with E-state index in [2.05, 4.69) is 4.72 Å². The van der Waals surface area contributed by atoms with Gasteiger partial charge in [-0.25, -0.2) is 13.1 Å². The van der Waals surface area contributed by atoms with Crippen molar-refractivity contribution < 1.29 is 13.5 Å². The molecule has 2 N–H and O–H groups in total. The number of benzene rings is 1. The second-order valence-corrected chi connectivity index (χ2v) is 6.85. The van der Waals surface area contributed by atoms with Crippen LogP contribution in [0.25, 0.3) is 0 Å². The molecule has 2 rings (SSSR count). The predicted octanol–water partition coefficient (Wildman–Crippen LogP) is 1.45. The highest BCUT2D eigenvalue weighted by atomic mass is 32.2. The van der Waals surface area contributed by atoms with Crippen molar-refractivity contribution in [2.45, 2.75) is 49.6 Å². The van der Waals surface area contributed by atoms with Crippen LogP contribution in [0.3, 0.4) is 0 Å². The zero-order chi connectivity index (χ0) is 14.8. The number of rotatable bonds is 3. The maximum absolute atomic E-state index is 12.4. The predicted molar refractivity (Wildman–Crippen MR) is 74.5 cm³/mol. The Balaban J connectivity index is 2.28. The highest BCUT2D eigenvalue weighted by Crippen LogP contribution is 2.22. The second-order valence-electron chi connectivity index (χ2n) is 5.17. The molecule has 20 heavy (non-hydrogen) atoms. The minimum absolute atomic E-state index is 0.106. The van der Waals surface area contributed by atoms with E-state index in [1.54, 1.807) is 19.1 Å². The maximum Gasteiger partial charge on any atom is 0.241 e. The number of aliphatic hydroxyl groups excluding tert-OH is 1. The van der Waals surface area contributed by atoms with Gasteiger partial charge in [-0.15, -0.1) is 0 Å². The quantitative estimate of drug-likeness (QED) is 0.882. The molecule has 0 spiro atoms. The minimum atomic E-state index is -3.72. The van der Waals surface area contributed by atoms with E-state index < -0.39 is 22.2 Å². The Bertz CT molecular complexity index is 634. The fourth-order valence-corrected chi connectivity index (χ4v) is 4.05. The van der Waals surface area contributed by atoms with Crippen LogP contribution in [0.1, 0.15) is 36.8 Å². The van der Waals surface area contributed by atoms with Gasteiger partial charge in [0.25, 0.3) is 0 Å². The van der Waals surface area contributed by atoms with Crippen LogP contribution >= 0.6 is 0 Å². The summed E-state index contributed by atoms with van der Waals surface area (Å²) in [4.78, 5) is 0.106. The Hall–Kier alpha value is -1.42. The normalized spacial score (nSPS) is 23.2. The Morgan fingerprint density at radius 2 is 2.05 bits per heavy atom. The van der Waals surface area contributed by atoms with E-state index in [4.69, 9.17) is 5.26 Å². The van der Waals surface area contributed by atoms with Gasteiger partial charge in [0.15, 0.2) is 0 Å². The van der Waals surface area contributed by atoms with Crippen molar-refractivity contribution >= 4 is 10.0 Å². The Morgan fingerprint density at radius 3 is 2.70 bits per heavy atom. The fraction of sp³-hybridized carbons (Fsp3) is 0.500. The van der Waals surface area contributed by atoms with Gasteiger partial charge in [0.2, 0.25) is 10.0 Å². The lowest BCUT2D eigenvalue weighted by Gasteiger charge is -2.28. The zero-order valence-corrected chi connectivity index (χ0v) is 12.2. The van der Waals surface area contributed by atoms with E-state index in [1.807, 2.05) is 6.07 Å². The molecule has 1 fully saturated rings. The molecular formula is C14H18N2O3S. The Labute approximate surface area is 119 Å². The Kier molecular flexibility index (Phi) is 4.43. The van der Waals surface area contributed by atoms with Crippen LogP contribution in [0.5, 0.6) is 0 Å². The van der Waals surface area contributed by atoms with Gasteiger partial charge in [-0.1, -0.05) is 18.9 Å². The molecule has 1 saturated carbocycles. The third-order valence-electron chi connectivity index (χ3n) is 3.64. The van der Waals surface area contributed by atoms with Crippen molar-refractivity contribution in [2.75, 3.05) is 0 Å². The molecule has 0 radical (unpaired) electrons. The van der Waals surface area contributed by atoms with Gasteiger partial charge in [-0.2, -0.15) is 5.26 Å². The third kappa shape index (κ3) is 3.18. The molecule has 1 aromatic carbocycles. The summed E-state index contributed by atoms with van der Waals surface area (Å²) >= 11 is 0. The van der Waals surface area contributed by atoms with Crippen LogP contribution in [0.15, 0.2) is 23.1 Å². The third-order valence-corrected chi connectivity index (χ3v) is 5.27. The number of hydrogen-bond acceptors (Lipinski definition) is 4. The van der Waals surface area contributed by atoms with E-state index in [9.17, 15) is 13.5 Å². The molecule has 0 bridgehead atoms. The van der Waals surface area contributed by atoms with E-state index in [0.717, 1.165) is 12.8 Å². The average Bonchev–Trinajstić information content (AvgIpc) is 2.41. The molecule has 1 aliphatic rings. The first-order valence-corrected chi connectivity index (χ1v) is 8.13. The molecule has 6 heteroatoms. The molecule has 0 unspecified atom stereocenters. The number of aliphatic hydroxyl groups is 1. The topological polar surface area (TPSA) is 90.2 Å². The highest BCUT2D eigenvalue weighted by Gasteiger charge is 2.28. The molecule has 1 aromatic rings. The first-order chi connectivity index (χ1) is 9.44. The van der Waals surface area contributed by atoms with Crippen molar-refractivity contribution in [1.82, 2.24) is 4.72 Å². The van der Waals surface area contributed by atoms with Gasteiger partial charge in [-0.05, 0) is 37.5 Å². The number of nitrogens with zero attached hydrogens (tertiary/aromatic N) is 1. The van der Waals surface area contributed by atoms with Gasteiger partial charge in [0.1, 0.15) is 0 Å². The van der Waals surface area contributed by atoms with E-state index in [-0.39, 0.29) is 4.90 Å². The largest absolute Gasteiger partial charge is 0.391 e. The van der Waals surface area contributed by atoms with Crippen LogP contribution in [-0.4, -0.2) is 25.7 Å². The monoisotopic (exact) mass is 294 g/mol. The summed E-state index contributed by atoms with van der Waals surface area (Å²) in [6.07, 6.45) is 2.43. The molecule has 2 atom stereocenters. The van der Waals surface area contributed by atoms with Gasteiger partial charge < -0.3 is 5.11 Å². The van der Waals surface area contributed by atoms with Crippen LogP contribution in [0.2, 0.25) is 0 Å². The molecule has 108 valence electrons. The van der Waals surface area contributed by atoms with Crippen molar-refractivity contribution in [1.29, 1.82) is 5.26 Å². The summed E-state index contributed by atoms with van der Waals surface area (Å²) in [5.41, 5.74) is 0.891. The van der Waals surface area contributed by atoms with E-state index >= 15 is 0 Å². The van der Waals surface area contributed by atoms with Crippen LogP contribution in [0, 0.1) is 18.3 Å². The number of nitriles is 1. The lowest BCUT2D eigenvalue weighted by Crippen LogP contribution is -2.45. The number of aryl methyl sites for hydroxylation is 1. The Morgan fingerprint density at radius 1 is 1.35 bits per heavy atom. The number of nitrogens with one attached hydrogen (secondary N) is 1. The second kappa shape index (κ2) is 5.92. The van der Waals surface area contributed by atoms with Crippen LogP contribution in [0.4, 0.5) is 0 Å². The van der Waals surface area contributed by atoms with Crippen LogP contribution in [-0.2, 0) is 10.0 Å². The van der Waals surface area contributed by atoms with Crippen molar-refractivity contribution in [2.24, 2.45) is 0 Å². The van der Waals surface area contributed by atoms with Gasteiger partial charge in [-0.3, -0.25) is 0 Å². The maximum atomic E-state index is 12.4. The fourth-order valence-electron chi connectivity index (χ4n) is 2.47. The standard InChI is InChI=1S/C14H18N2O3S/c1-10-6-7-11(9-15)8-14(10)20(18,19)16-12-4-2-3-5-13(12)17/h6-8,12-13,16-17H,2-5H2,1H3/t12-,13-/m0/s1. The van der Waals surface area contributed by atoms with Gasteiger partial charge in [0, 0.05) is 6.04 Å². The summed E-state index contributed by atoms with van der Waals surface area (Å²) < 4.78 is 27.4. The molecule has 5 nitrogen and oxygen atoms in total. The molecule has 0 heterocycles. The smallest absolute Gasteiger partial charge is 0.241 e. The molecule has 0 amide bonds. The average molecular weight is 294 g/mol. The number of hydrogen-bond donors (Lipinski definition) is 2. The van der Waals surface area contributed by atoms with Crippen LogP contribution < -0.4 is 4.72 Å².